The van der Waals surface area contributed by atoms with E-state index in [0.29, 0.717) is 5.92 Å². The van der Waals surface area contributed by atoms with Gasteiger partial charge in [0, 0.05) is 5.41 Å². The predicted octanol–water partition coefficient (Wildman–Crippen LogP) is 3.88. The van der Waals surface area contributed by atoms with Gasteiger partial charge in [0.2, 0.25) is 0 Å². The van der Waals surface area contributed by atoms with Gasteiger partial charge in [-0.25, -0.2) is 0 Å². The summed E-state index contributed by atoms with van der Waals surface area (Å²) >= 11 is 0. The molecule has 3 heteroatoms. The van der Waals surface area contributed by atoms with Gasteiger partial charge >= 0.3 is 0 Å². The Labute approximate surface area is 141 Å². The molecule has 2 N–H and O–H groups in total. The molecule has 2 aliphatic rings. The first kappa shape index (κ1) is 18.7. The van der Waals surface area contributed by atoms with E-state index in [0.717, 1.165) is 44.9 Å². The van der Waals surface area contributed by atoms with Crippen LogP contribution in [0.3, 0.4) is 0 Å². The fourth-order valence-corrected chi connectivity index (χ4v) is 5.76. The number of hydrogen-bond donors (Lipinski definition) is 2. The number of aliphatic hydroxyl groups excluding tert-OH is 1. The first-order valence-electron chi connectivity index (χ1n) is 9.15. The fourth-order valence-electron chi connectivity index (χ4n) is 5.76. The Morgan fingerprint density at radius 2 is 1.91 bits per heavy atom. The van der Waals surface area contributed by atoms with Gasteiger partial charge in [-0.1, -0.05) is 31.9 Å². The molecule has 0 aliphatic heterocycles. The van der Waals surface area contributed by atoms with E-state index < -0.39 is 5.60 Å². The van der Waals surface area contributed by atoms with Gasteiger partial charge in [0.15, 0.2) is 0 Å². The summed E-state index contributed by atoms with van der Waals surface area (Å²) in [6.07, 6.45) is 9.75. The number of hydrogen-bond acceptors (Lipinski definition) is 3. The van der Waals surface area contributed by atoms with Crippen molar-refractivity contribution in [3.05, 3.63) is 11.6 Å². The normalized spacial score (nSPS) is 44.7. The van der Waals surface area contributed by atoms with Gasteiger partial charge in [-0.3, -0.25) is 0 Å². The fraction of sp³-hybridized carbons (Fsp3) is 0.850. The molecule has 2 fully saturated rings. The van der Waals surface area contributed by atoms with Crippen LogP contribution in [0.2, 0.25) is 0 Å². The molecule has 0 radical (unpaired) electrons. The molecule has 0 amide bonds. The third-order valence-corrected chi connectivity index (χ3v) is 7.05. The van der Waals surface area contributed by atoms with E-state index in [1.54, 1.807) is 0 Å². The minimum absolute atomic E-state index is 0.0230. The van der Waals surface area contributed by atoms with Crippen LogP contribution in [0, 0.1) is 22.7 Å². The lowest BCUT2D eigenvalue weighted by molar-refractivity contribution is -0.173. The van der Waals surface area contributed by atoms with Crippen LogP contribution in [0.4, 0.5) is 0 Å². The van der Waals surface area contributed by atoms with Crippen LogP contribution in [0.15, 0.2) is 11.6 Å². The summed E-state index contributed by atoms with van der Waals surface area (Å²) in [4.78, 5) is 11.8. The molecule has 2 saturated carbocycles. The number of rotatable bonds is 5. The topological polar surface area (TPSA) is 57.5 Å². The smallest absolute Gasteiger partial charge is 0.126 e. The average Bonchev–Trinajstić information content (AvgIpc) is 2.46. The second-order valence-electron chi connectivity index (χ2n) is 8.76. The summed E-state index contributed by atoms with van der Waals surface area (Å²) < 4.78 is 0. The molecule has 0 bridgehead atoms. The Hall–Kier alpha value is -0.670. The molecule has 0 aromatic rings. The van der Waals surface area contributed by atoms with Gasteiger partial charge in [0.1, 0.15) is 6.29 Å². The van der Waals surface area contributed by atoms with Gasteiger partial charge in [-0.05, 0) is 69.6 Å². The lowest BCUT2D eigenvalue weighted by atomic mass is 9.45. The Morgan fingerprint density at radius 3 is 2.52 bits per heavy atom. The molecule has 0 aromatic carbocycles. The van der Waals surface area contributed by atoms with Gasteiger partial charge < -0.3 is 15.0 Å². The molecule has 2 aliphatic carbocycles. The quantitative estimate of drug-likeness (QED) is 0.596. The first-order valence-corrected chi connectivity index (χ1v) is 9.15. The van der Waals surface area contributed by atoms with Crippen LogP contribution in [0.1, 0.15) is 72.6 Å². The summed E-state index contributed by atoms with van der Waals surface area (Å²) in [7, 11) is 0. The number of carbonyl (C=O) groups is 1. The van der Waals surface area contributed by atoms with Crippen molar-refractivity contribution in [2.75, 3.05) is 6.61 Å². The number of carbonyl (C=O) groups excluding carboxylic acids is 1. The third-order valence-electron chi connectivity index (χ3n) is 7.05. The van der Waals surface area contributed by atoms with Crippen LogP contribution in [-0.4, -0.2) is 28.7 Å². The number of aldehydes is 1. The van der Waals surface area contributed by atoms with Gasteiger partial charge in [0.25, 0.3) is 0 Å². The molecule has 23 heavy (non-hydrogen) atoms. The van der Waals surface area contributed by atoms with E-state index in [4.69, 9.17) is 5.11 Å². The highest BCUT2D eigenvalue weighted by molar-refractivity contribution is 5.60. The largest absolute Gasteiger partial charge is 0.392 e. The van der Waals surface area contributed by atoms with E-state index in [2.05, 4.69) is 13.8 Å². The zero-order chi connectivity index (χ0) is 17.3. The Bertz CT molecular complexity index is 468. The highest BCUT2D eigenvalue weighted by atomic mass is 16.3. The Kier molecular flexibility index (Phi) is 5.42. The van der Waals surface area contributed by atoms with Crippen molar-refractivity contribution in [2.24, 2.45) is 22.7 Å². The number of allylic oxidation sites excluding steroid dienone is 1. The van der Waals surface area contributed by atoms with E-state index in [9.17, 15) is 9.90 Å². The number of aliphatic hydroxyl groups is 2. The van der Waals surface area contributed by atoms with Crippen molar-refractivity contribution in [3.8, 4) is 0 Å². The van der Waals surface area contributed by atoms with Gasteiger partial charge in [0.05, 0.1) is 12.2 Å². The second-order valence-corrected chi connectivity index (χ2v) is 8.76. The minimum Gasteiger partial charge on any atom is -0.392 e. The molecule has 0 aromatic heterocycles. The summed E-state index contributed by atoms with van der Waals surface area (Å²) in [6.45, 7) is 8.54. The summed E-state index contributed by atoms with van der Waals surface area (Å²) in [5, 5.41) is 20.1. The van der Waals surface area contributed by atoms with Crippen LogP contribution < -0.4 is 0 Å². The monoisotopic (exact) mass is 322 g/mol. The van der Waals surface area contributed by atoms with E-state index >= 15 is 0 Å². The van der Waals surface area contributed by atoms with E-state index in [1.807, 2.05) is 19.9 Å². The SMILES string of the molecule is C/C(=C\CO)CC[C@H]1[C@]2(C)CCC[C@](C)(C=O)[C@H]2CC[C@]1(C)O. The summed E-state index contributed by atoms with van der Waals surface area (Å²) in [5.74, 6) is 0.573. The molecule has 3 nitrogen and oxygen atoms in total. The van der Waals surface area contributed by atoms with E-state index in [-0.39, 0.29) is 23.4 Å². The first-order chi connectivity index (χ1) is 10.7. The van der Waals surface area contributed by atoms with Gasteiger partial charge in [-0.15, -0.1) is 0 Å². The zero-order valence-electron chi connectivity index (χ0n) is 15.3. The van der Waals surface area contributed by atoms with E-state index in [1.165, 1.54) is 11.9 Å². The lowest BCUT2D eigenvalue weighted by Crippen LogP contribution is -2.58. The third kappa shape index (κ3) is 3.41. The van der Waals surface area contributed by atoms with Crippen molar-refractivity contribution in [1.82, 2.24) is 0 Å². The summed E-state index contributed by atoms with van der Waals surface area (Å²) in [5.41, 5.74) is 0.307. The maximum atomic E-state index is 11.8. The Morgan fingerprint density at radius 1 is 1.22 bits per heavy atom. The zero-order valence-corrected chi connectivity index (χ0v) is 15.3. The molecule has 0 saturated heterocycles. The lowest BCUT2D eigenvalue weighted by Gasteiger charge is -2.60. The standard InChI is InChI=1S/C20H34O3/c1-15(9-13-21)6-7-17-19(3)11-5-10-18(2,14-22)16(19)8-12-20(17,4)23/h9,14,16-17,21,23H,5-8,10-13H2,1-4H3/b15-9+/t16-,17+,18-,19-,20+/m1/s1. The molecule has 0 heterocycles. The van der Waals surface area contributed by atoms with Crippen molar-refractivity contribution in [1.29, 1.82) is 0 Å². The molecular weight excluding hydrogens is 288 g/mol. The minimum atomic E-state index is -0.661. The summed E-state index contributed by atoms with van der Waals surface area (Å²) in [6, 6.07) is 0. The molecule has 0 unspecified atom stereocenters. The second kappa shape index (κ2) is 6.68. The van der Waals surface area contributed by atoms with Crippen molar-refractivity contribution in [3.63, 3.8) is 0 Å². The number of fused-ring (bicyclic) bond motifs is 1. The van der Waals surface area contributed by atoms with Crippen LogP contribution >= 0.6 is 0 Å². The molecule has 132 valence electrons. The predicted molar refractivity (Wildman–Crippen MR) is 93.0 cm³/mol. The molecular formula is C20H34O3. The highest BCUT2D eigenvalue weighted by Gasteiger charge is 2.58. The molecule has 2 rings (SSSR count). The van der Waals surface area contributed by atoms with Crippen LogP contribution in [0.5, 0.6) is 0 Å². The Balaban J connectivity index is 2.28. The van der Waals surface area contributed by atoms with Crippen molar-refractivity contribution < 1.29 is 15.0 Å². The molecule has 0 spiro atoms. The highest BCUT2D eigenvalue weighted by Crippen LogP contribution is 2.62. The maximum Gasteiger partial charge on any atom is 0.126 e. The maximum absolute atomic E-state index is 11.8. The van der Waals surface area contributed by atoms with Crippen molar-refractivity contribution >= 4 is 6.29 Å². The van der Waals surface area contributed by atoms with Crippen LogP contribution in [0.25, 0.3) is 0 Å². The van der Waals surface area contributed by atoms with Crippen molar-refractivity contribution in [2.45, 2.75) is 78.2 Å². The average molecular weight is 322 g/mol. The van der Waals surface area contributed by atoms with Crippen LogP contribution in [-0.2, 0) is 4.79 Å². The van der Waals surface area contributed by atoms with Gasteiger partial charge in [-0.2, -0.15) is 0 Å². The molecule has 5 atom stereocenters.